The molecule has 0 saturated carbocycles. The molecule has 0 atom stereocenters. The van der Waals surface area contributed by atoms with Gasteiger partial charge in [-0.1, -0.05) is 18.2 Å². The van der Waals surface area contributed by atoms with Crippen molar-refractivity contribution in [1.29, 1.82) is 0 Å². The number of carbonyl (C=O) groups is 1. The molecule has 26 heavy (non-hydrogen) atoms. The fourth-order valence-electron chi connectivity index (χ4n) is 2.40. The van der Waals surface area contributed by atoms with E-state index in [2.05, 4.69) is 20.3 Å². The van der Waals surface area contributed by atoms with Crippen LogP contribution in [-0.4, -0.2) is 23.4 Å². The van der Waals surface area contributed by atoms with E-state index in [-0.39, 0.29) is 22.9 Å². The minimum Gasteiger partial charge on any atom is -0.506 e. The average molecular weight is 355 g/mol. The molecule has 3 N–H and O–H groups in total. The molecule has 3 aromatic rings. The maximum absolute atomic E-state index is 13.3. The minimum atomic E-state index is -0.688. The molecule has 0 saturated heterocycles. The van der Waals surface area contributed by atoms with Crippen molar-refractivity contribution < 1.29 is 24.1 Å². The number of nitrogens with one attached hydrogen (secondary N) is 1. The molecule has 0 aromatic heterocycles. The highest BCUT2D eigenvalue weighted by Crippen LogP contribution is 2.41. The third-order valence-electron chi connectivity index (χ3n) is 3.61. The number of ether oxygens (including phenoxy) is 1. The number of halogens is 1. The van der Waals surface area contributed by atoms with Crippen molar-refractivity contribution in [2.24, 2.45) is 10.2 Å². The Morgan fingerprint density at radius 2 is 1.85 bits per heavy atom. The van der Waals surface area contributed by atoms with E-state index in [0.717, 1.165) is 18.2 Å². The molecule has 0 unspecified atom stereocenters. The number of aromatic hydroxyl groups is 2. The Morgan fingerprint density at radius 3 is 2.62 bits per heavy atom. The maximum Gasteiger partial charge on any atom is 0.411 e. The Kier molecular flexibility index (Phi) is 4.66. The number of rotatable bonds is 3. The summed E-state index contributed by atoms with van der Waals surface area (Å²) in [5, 5.41) is 31.3. The van der Waals surface area contributed by atoms with Crippen LogP contribution in [0.25, 0.3) is 10.8 Å². The monoisotopic (exact) mass is 355 g/mol. The summed E-state index contributed by atoms with van der Waals surface area (Å²) in [6.45, 7) is 0. The molecule has 3 rings (SSSR count). The van der Waals surface area contributed by atoms with Crippen molar-refractivity contribution in [3.8, 4) is 11.5 Å². The van der Waals surface area contributed by atoms with Crippen molar-refractivity contribution in [2.75, 3.05) is 12.4 Å². The van der Waals surface area contributed by atoms with Gasteiger partial charge in [0.2, 0.25) is 0 Å². The zero-order chi connectivity index (χ0) is 18.7. The lowest BCUT2D eigenvalue weighted by Crippen LogP contribution is -2.11. The van der Waals surface area contributed by atoms with E-state index in [1.54, 1.807) is 24.3 Å². The van der Waals surface area contributed by atoms with Crippen LogP contribution in [0.3, 0.4) is 0 Å². The second kappa shape index (κ2) is 7.06. The van der Waals surface area contributed by atoms with Gasteiger partial charge in [-0.3, -0.25) is 5.32 Å². The van der Waals surface area contributed by atoms with Crippen molar-refractivity contribution in [1.82, 2.24) is 0 Å². The van der Waals surface area contributed by atoms with Crippen LogP contribution < -0.4 is 5.32 Å². The molecule has 0 bridgehead atoms. The predicted molar refractivity (Wildman–Crippen MR) is 93.9 cm³/mol. The second-order valence-electron chi connectivity index (χ2n) is 5.29. The van der Waals surface area contributed by atoms with Crippen molar-refractivity contribution in [2.45, 2.75) is 0 Å². The number of azo groups is 1. The number of hydrogen-bond acceptors (Lipinski definition) is 6. The summed E-state index contributed by atoms with van der Waals surface area (Å²) in [7, 11) is 1.23. The topological polar surface area (TPSA) is 104 Å². The molecule has 1 amide bonds. The van der Waals surface area contributed by atoms with Crippen LogP contribution in [0.2, 0.25) is 0 Å². The van der Waals surface area contributed by atoms with Crippen LogP contribution in [-0.2, 0) is 4.74 Å². The summed E-state index contributed by atoms with van der Waals surface area (Å²) in [6, 6.07) is 11.4. The van der Waals surface area contributed by atoms with Gasteiger partial charge in [-0.05, 0) is 29.7 Å². The molecule has 0 fully saturated rings. The minimum absolute atomic E-state index is 0.0539. The molecule has 132 valence electrons. The van der Waals surface area contributed by atoms with Crippen LogP contribution in [0.5, 0.6) is 11.5 Å². The van der Waals surface area contributed by atoms with Crippen molar-refractivity contribution in [3.05, 3.63) is 54.3 Å². The van der Waals surface area contributed by atoms with Crippen molar-refractivity contribution in [3.63, 3.8) is 0 Å². The molecule has 3 aromatic carbocycles. The van der Waals surface area contributed by atoms with E-state index < -0.39 is 11.9 Å². The molecule has 0 radical (unpaired) electrons. The molecule has 7 nitrogen and oxygen atoms in total. The smallest absolute Gasteiger partial charge is 0.411 e. The summed E-state index contributed by atoms with van der Waals surface area (Å²) >= 11 is 0. The molecular weight excluding hydrogens is 341 g/mol. The van der Waals surface area contributed by atoms with Crippen molar-refractivity contribution >= 4 is 33.9 Å². The zero-order valence-corrected chi connectivity index (χ0v) is 13.6. The van der Waals surface area contributed by atoms with Crippen LogP contribution in [0.15, 0.2) is 58.8 Å². The van der Waals surface area contributed by atoms with Gasteiger partial charge in [0, 0.05) is 11.5 Å². The van der Waals surface area contributed by atoms with Gasteiger partial charge in [0.1, 0.15) is 28.7 Å². The third kappa shape index (κ3) is 3.39. The van der Waals surface area contributed by atoms with E-state index in [4.69, 9.17) is 0 Å². The second-order valence-corrected chi connectivity index (χ2v) is 5.29. The summed E-state index contributed by atoms with van der Waals surface area (Å²) in [6.07, 6.45) is -0.688. The Bertz CT molecular complexity index is 1020. The highest BCUT2D eigenvalue weighted by atomic mass is 19.1. The lowest BCUT2D eigenvalue weighted by Gasteiger charge is -2.10. The standard InChI is InChI=1S/C18H14FN3O4/c1-26-18(25)20-12-4-2-3-10-5-7-15(24)17(16(10)12)22-21-13-9-11(19)6-8-14(13)23/h2-9,23-24H,1H3,(H,20,25). The number of phenolic OH excluding ortho intramolecular Hbond substituents is 2. The number of hydrogen-bond donors (Lipinski definition) is 3. The van der Waals surface area contributed by atoms with Gasteiger partial charge in [-0.15, -0.1) is 10.2 Å². The normalized spacial score (nSPS) is 11.0. The van der Waals surface area contributed by atoms with Gasteiger partial charge in [-0.25, -0.2) is 9.18 Å². The molecule has 8 heteroatoms. The molecular formula is C18H14FN3O4. The first-order valence-corrected chi connectivity index (χ1v) is 7.49. The predicted octanol–water partition coefficient (Wildman–Crippen LogP) is 4.98. The first-order valence-electron chi connectivity index (χ1n) is 7.49. The number of anilines is 1. The van der Waals surface area contributed by atoms with Crippen LogP contribution in [0.1, 0.15) is 0 Å². The highest BCUT2D eigenvalue weighted by Gasteiger charge is 2.13. The number of benzene rings is 3. The SMILES string of the molecule is COC(=O)Nc1cccc2ccc(O)c(N=Nc3cc(F)ccc3O)c12. The largest absolute Gasteiger partial charge is 0.506 e. The van der Waals surface area contributed by atoms with Gasteiger partial charge in [0.05, 0.1) is 12.8 Å². The molecule has 0 spiro atoms. The van der Waals surface area contributed by atoms with Crippen LogP contribution in [0, 0.1) is 5.82 Å². The molecule has 0 aliphatic heterocycles. The zero-order valence-electron chi connectivity index (χ0n) is 13.6. The van der Waals surface area contributed by atoms with E-state index in [0.29, 0.717) is 16.5 Å². The summed E-state index contributed by atoms with van der Waals surface area (Å²) in [5.74, 6) is -1.05. The number of amides is 1. The van der Waals surface area contributed by atoms with E-state index in [1.807, 2.05) is 0 Å². The fourth-order valence-corrected chi connectivity index (χ4v) is 2.40. The number of carbonyl (C=O) groups excluding carboxylic acids is 1. The Hall–Kier alpha value is -3.68. The van der Waals surface area contributed by atoms with Gasteiger partial charge >= 0.3 is 6.09 Å². The van der Waals surface area contributed by atoms with Gasteiger partial charge in [0.25, 0.3) is 0 Å². The first-order chi connectivity index (χ1) is 12.5. The first kappa shape index (κ1) is 17.2. The summed E-state index contributed by atoms with van der Waals surface area (Å²) in [5.41, 5.74) is 0.306. The van der Waals surface area contributed by atoms with Crippen LogP contribution >= 0.6 is 0 Å². The Labute approximate surface area is 147 Å². The lowest BCUT2D eigenvalue weighted by atomic mass is 10.1. The van der Waals surface area contributed by atoms with Gasteiger partial charge in [0.15, 0.2) is 0 Å². The molecule has 0 heterocycles. The van der Waals surface area contributed by atoms with Crippen LogP contribution in [0.4, 0.5) is 26.2 Å². The molecule has 0 aliphatic rings. The summed E-state index contributed by atoms with van der Waals surface area (Å²) < 4.78 is 17.9. The van der Waals surface area contributed by atoms with E-state index >= 15 is 0 Å². The van der Waals surface area contributed by atoms with Gasteiger partial charge < -0.3 is 14.9 Å². The third-order valence-corrected chi connectivity index (χ3v) is 3.61. The molecule has 0 aliphatic carbocycles. The Balaban J connectivity index is 2.15. The number of methoxy groups -OCH3 is 1. The fraction of sp³-hybridized carbons (Fsp3) is 0.0556. The van der Waals surface area contributed by atoms with E-state index in [1.165, 1.54) is 13.2 Å². The lowest BCUT2D eigenvalue weighted by molar-refractivity contribution is 0.187. The Morgan fingerprint density at radius 1 is 1.08 bits per heavy atom. The van der Waals surface area contributed by atoms with E-state index in [9.17, 15) is 19.4 Å². The number of fused-ring (bicyclic) bond motifs is 1. The average Bonchev–Trinajstić information content (AvgIpc) is 2.63. The maximum atomic E-state index is 13.3. The van der Waals surface area contributed by atoms with Gasteiger partial charge in [-0.2, -0.15) is 0 Å². The quantitative estimate of drug-likeness (QED) is 0.576. The highest BCUT2D eigenvalue weighted by molar-refractivity contribution is 6.07. The number of phenols is 2. The summed E-state index contributed by atoms with van der Waals surface area (Å²) in [4.78, 5) is 11.6. The number of nitrogens with zero attached hydrogens (tertiary/aromatic N) is 2.